The van der Waals surface area contributed by atoms with Crippen LogP contribution in [0, 0.1) is 11.3 Å². The summed E-state index contributed by atoms with van der Waals surface area (Å²) in [4.78, 5) is 11.2. The van der Waals surface area contributed by atoms with Crippen LogP contribution in [-0.4, -0.2) is 51.8 Å². The van der Waals surface area contributed by atoms with Crippen LogP contribution < -0.4 is 9.64 Å². The average molecular weight is 424 g/mol. The van der Waals surface area contributed by atoms with Crippen molar-refractivity contribution in [3.8, 4) is 11.8 Å². The van der Waals surface area contributed by atoms with Crippen molar-refractivity contribution in [2.75, 3.05) is 38.3 Å². The smallest absolute Gasteiger partial charge is 0.200 e. The highest BCUT2D eigenvalue weighted by molar-refractivity contribution is 7.92. The molecule has 0 amide bonds. The van der Waals surface area contributed by atoms with Gasteiger partial charge in [0, 0.05) is 13.1 Å². The molecule has 1 aliphatic rings. The third-order valence-corrected chi connectivity index (χ3v) is 6.83. The van der Waals surface area contributed by atoms with Crippen molar-refractivity contribution in [2.24, 2.45) is 0 Å². The molecule has 9 heteroatoms. The summed E-state index contributed by atoms with van der Waals surface area (Å²) < 4.78 is 37.2. The number of benzene rings is 2. The summed E-state index contributed by atoms with van der Waals surface area (Å²) in [6, 6.07) is 15.1. The Balaban J connectivity index is 1.86. The zero-order valence-electron chi connectivity index (χ0n) is 16.4. The molecule has 154 valence electrons. The van der Waals surface area contributed by atoms with Gasteiger partial charge in [-0.05, 0) is 36.4 Å². The number of nitrogens with zero attached hydrogens (tertiary/aromatic N) is 4. The summed E-state index contributed by atoms with van der Waals surface area (Å²) in [5.41, 5.74) is 1.31. The normalized spacial score (nSPS) is 15.5. The first-order valence-electron chi connectivity index (χ1n) is 9.41. The molecule has 1 atom stereocenters. The Morgan fingerprint density at radius 3 is 2.30 bits per heavy atom. The lowest BCUT2D eigenvalue weighted by Gasteiger charge is -2.30. The quantitative estimate of drug-likeness (QED) is 0.615. The number of sulfone groups is 1. The van der Waals surface area contributed by atoms with Crippen LogP contribution in [0.2, 0.25) is 0 Å². The van der Waals surface area contributed by atoms with Crippen LogP contribution in [0.3, 0.4) is 0 Å². The molecule has 1 aliphatic heterocycles. The van der Waals surface area contributed by atoms with E-state index >= 15 is 0 Å². The number of hydrogen-bond donors (Lipinski definition) is 0. The van der Waals surface area contributed by atoms with E-state index in [1.54, 1.807) is 24.3 Å². The third kappa shape index (κ3) is 3.67. The van der Waals surface area contributed by atoms with E-state index in [-0.39, 0.29) is 10.6 Å². The van der Waals surface area contributed by atoms with Crippen molar-refractivity contribution in [1.29, 1.82) is 5.26 Å². The SMILES string of the molecule is COc1ccc(S(=O)(=O)C(C#N)c2nc3ccccc3nc2N2CCOCC2)cc1. The Morgan fingerprint density at radius 2 is 1.70 bits per heavy atom. The maximum Gasteiger partial charge on any atom is 0.200 e. The number of aromatic nitrogens is 2. The van der Waals surface area contributed by atoms with Crippen molar-refractivity contribution in [3.05, 3.63) is 54.2 Å². The summed E-state index contributed by atoms with van der Waals surface area (Å²) in [5, 5.41) is 8.41. The van der Waals surface area contributed by atoms with Gasteiger partial charge in [0.1, 0.15) is 11.4 Å². The van der Waals surface area contributed by atoms with Gasteiger partial charge < -0.3 is 14.4 Å². The molecule has 2 heterocycles. The monoisotopic (exact) mass is 424 g/mol. The van der Waals surface area contributed by atoms with E-state index in [9.17, 15) is 13.7 Å². The molecule has 0 N–H and O–H groups in total. The van der Waals surface area contributed by atoms with Crippen molar-refractivity contribution in [1.82, 2.24) is 9.97 Å². The molecule has 2 aromatic carbocycles. The second kappa shape index (κ2) is 8.26. The fourth-order valence-electron chi connectivity index (χ4n) is 3.37. The Bertz CT molecular complexity index is 1200. The van der Waals surface area contributed by atoms with Crippen molar-refractivity contribution >= 4 is 26.7 Å². The molecule has 0 aliphatic carbocycles. The van der Waals surface area contributed by atoms with Gasteiger partial charge in [-0.25, -0.2) is 18.4 Å². The van der Waals surface area contributed by atoms with Crippen LogP contribution in [0.25, 0.3) is 11.0 Å². The molecular formula is C21H20N4O4S. The summed E-state index contributed by atoms with van der Waals surface area (Å²) in [5.74, 6) is 0.933. The Hall–Kier alpha value is -3.22. The number of morpholine rings is 1. The van der Waals surface area contributed by atoms with Gasteiger partial charge >= 0.3 is 0 Å². The number of rotatable bonds is 5. The number of ether oxygens (including phenoxy) is 2. The Labute approximate surface area is 174 Å². The fraction of sp³-hybridized carbons (Fsp3) is 0.286. The third-order valence-electron chi connectivity index (χ3n) is 4.95. The first-order valence-corrected chi connectivity index (χ1v) is 11.0. The van der Waals surface area contributed by atoms with E-state index in [4.69, 9.17) is 9.47 Å². The lowest BCUT2D eigenvalue weighted by Crippen LogP contribution is -2.38. The highest BCUT2D eigenvalue weighted by atomic mass is 32.2. The molecule has 8 nitrogen and oxygen atoms in total. The molecule has 1 fully saturated rings. The number of methoxy groups -OCH3 is 1. The van der Waals surface area contributed by atoms with Crippen molar-refractivity contribution < 1.29 is 17.9 Å². The van der Waals surface area contributed by atoms with Gasteiger partial charge in [-0.1, -0.05) is 12.1 Å². The lowest BCUT2D eigenvalue weighted by atomic mass is 10.2. The van der Waals surface area contributed by atoms with E-state index in [1.807, 2.05) is 23.1 Å². The molecule has 1 aromatic heterocycles. The number of hydrogen-bond acceptors (Lipinski definition) is 8. The van der Waals surface area contributed by atoms with Crippen LogP contribution >= 0.6 is 0 Å². The predicted octanol–water partition coefficient (Wildman–Crippen LogP) is 2.51. The van der Waals surface area contributed by atoms with E-state index in [1.165, 1.54) is 19.2 Å². The molecule has 0 radical (unpaired) electrons. The van der Waals surface area contributed by atoms with Gasteiger partial charge in [-0.2, -0.15) is 5.26 Å². The molecule has 1 unspecified atom stereocenters. The number of anilines is 1. The molecular weight excluding hydrogens is 404 g/mol. The maximum absolute atomic E-state index is 13.4. The molecule has 0 spiro atoms. The molecule has 0 saturated carbocycles. The van der Waals surface area contributed by atoms with Crippen LogP contribution in [0.1, 0.15) is 10.9 Å². The minimum atomic E-state index is -4.04. The molecule has 30 heavy (non-hydrogen) atoms. The maximum atomic E-state index is 13.4. The summed E-state index contributed by atoms with van der Waals surface area (Å²) in [6.07, 6.45) is 0. The number of fused-ring (bicyclic) bond motifs is 1. The van der Waals surface area contributed by atoms with Crippen LogP contribution in [0.15, 0.2) is 53.4 Å². The van der Waals surface area contributed by atoms with Crippen molar-refractivity contribution in [2.45, 2.75) is 10.1 Å². The van der Waals surface area contributed by atoms with Gasteiger partial charge in [-0.15, -0.1) is 0 Å². The van der Waals surface area contributed by atoms with E-state index in [2.05, 4.69) is 9.97 Å². The summed E-state index contributed by atoms with van der Waals surface area (Å²) in [6.45, 7) is 2.08. The lowest BCUT2D eigenvalue weighted by molar-refractivity contribution is 0.122. The van der Waals surface area contributed by atoms with Gasteiger partial charge in [0.15, 0.2) is 11.1 Å². The topological polar surface area (TPSA) is 105 Å². The first kappa shape index (κ1) is 20.1. The average Bonchev–Trinajstić information content (AvgIpc) is 2.79. The van der Waals surface area contributed by atoms with Crippen LogP contribution in [-0.2, 0) is 14.6 Å². The Morgan fingerprint density at radius 1 is 1.07 bits per heavy atom. The predicted molar refractivity (Wildman–Crippen MR) is 111 cm³/mol. The standard InChI is InChI=1S/C21H20N4O4S/c1-28-15-6-8-16(9-7-15)30(26,27)19(14-22)20-21(25-10-12-29-13-11-25)24-18-5-3-2-4-17(18)23-20/h2-9,19H,10-13H2,1H3. The highest BCUT2D eigenvalue weighted by Gasteiger charge is 2.35. The second-order valence-corrected chi connectivity index (χ2v) is 8.78. The van der Waals surface area contributed by atoms with Gasteiger partial charge in [0.2, 0.25) is 9.84 Å². The van der Waals surface area contributed by atoms with E-state index in [0.717, 1.165) is 0 Å². The highest BCUT2D eigenvalue weighted by Crippen LogP contribution is 2.34. The number of nitriles is 1. The van der Waals surface area contributed by atoms with E-state index < -0.39 is 15.1 Å². The summed E-state index contributed by atoms with van der Waals surface area (Å²) in [7, 11) is -2.54. The fourth-order valence-corrected chi connectivity index (χ4v) is 4.75. The Kier molecular flexibility index (Phi) is 5.53. The molecule has 4 rings (SSSR count). The largest absolute Gasteiger partial charge is 0.497 e. The van der Waals surface area contributed by atoms with Gasteiger partial charge in [0.05, 0.1) is 42.3 Å². The molecule has 3 aromatic rings. The minimum Gasteiger partial charge on any atom is -0.497 e. The van der Waals surface area contributed by atoms with Crippen LogP contribution in [0.4, 0.5) is 5.82 Å². The van der Waals surface area contributed by atoms with Gasteiger partial charge in [-0.3, -0.25) is 0 Å². The first-order chi connectivity index (χ1) is 14.5. The second-order valence-electron chi connectivity index (χ2n) is 6.75. The van der Waals surface area contributed by atoms with E-state index in [0.29, 0.717) is 48.9 Å². The number of para-hydroxylation sites is 2. The van der Waals surface area contributed by atoms with Crippen molar-refractivity contribution in [3.63, 3.8) is 0 Å². The molecule has 0 bridgehead atoms. The zero-order chi connectivity index (χ0) is 21.1. The van der Waals surface area contributed by atoms with Gasteiger partial charge in [0.25, 0.3) is 0 Å². The summed E-state index contributed by atoms with van der Waals surface area (Å²) >= 11 is 0. The minimum absolute atomic E-state index is 0.0257. The van der Waals surface area contributed by atoms with Crippen LogP contribution in [0.5, 0.6) is 5.75 Å². The zero-order valence-corrected chi connectivity index (χ0v) is 17.2. The molecule has 1 saturated heterocycles.